The summed E-state index contributed by atoms with van der Waals surface area (Å²) in [6.07, 6.45) is 0.385. The second kappa shape index (κ2) is 13.7. The van der Waals surface area contributed by atoms with Gasteiger partial charge in [-0.15, -0.1) is 11.8 Å². The molecule has 0 radical (unpaired) electrons. The van der Waals surface area contributed by atoms with Crippen LogP contribution in [0.2, 0.25) is 10.0 Å². The summed E-state index contributed by atoms with van der Waals surface area (Å²) in [5.41, 5.74) is 3.94. The molecule has 2 amide bonds. The van der Waals surface area contributed by atoms with Crippen molar-refractivity contribution in [2.75, 3.05) is 5.75 Å². The standard InChI is InChI=1S/C29H32Cl2N2O2S/c1-20(2)32-29(35)27(16-22-10-5-4-6-11-22)33(17-24-25(30)13-8-14-26(24)31)28(34)19-36-18-23-12-7-9-21(3)15-23/h4-15,20,27H,16-19H2,1-3H3,(H,32,35)/t27-/m1/s1. The second-order valence-electron chi connectivity index (χ2n) is 9.07. The molecule has 0 spiro atoms. The molecule has 0 fully saturated rings. The lowest BCUT2D eigenvalue weighted by atomic mass is 10.0. The lowest BCUT2D eigenvalue weighted by molar-refractivity contribution is -0.139. The number of halogens is 2. The van der Waals surface area contributed by atoms with E-state index in [4.69, 9.17) is 23.2 Å². The smallest absolute Gasteiger partial charge is 0.243 e. The Morgan fingerprint density at radius 1 is 0.917 bits per heavy atom. The van der Waals surface area contributed by atoms with E-state index in [9.17, 15) is 9.59 Å². The van der Waals surface area contributed by atoms with Crippen LogP contribution in [0.5, 0.6) is 0 Å². The summed E-state index contributed by atoms with van der Waals surface area (Å²) in [5, 5.41) is 3.93. The Morgan fingerprint density at radius 2 is 1.56 bits per heavy atom. The van der Waals surface area contributed by atoms with E-state index in [0.717, 1.165) is 11.1 Å². The van der Waals surface area contributed by atoms with Crippen LogP contribution in [0.25, 0.3) is 0 Å². The molecule has 0 aliphatic rings. The van der Waals surface area contributed by atoms with E-state index in [0.29, 0.717) is 27.8 Å². The van der Waals surface area contributed by atoms with Crippen molar-refractivity contribution >= 4 is 46.8 Å². The predicted molar refractivity (Wildman–Crippen MR) is 152 cm³/mol. The van der Waals surface area contributed by atoms with Crippen molar-refractivity contribution in [1.82, 2.24) is 10.2 Å². The van der Waals surface area contributed by atoms with E-state index in [2.05, 4.69) is 30.4 Å². The van der Waals surface area contributed by atoms with Gasteiger partial charge in [-0.2, -0.15) is 0 Å². The Labute approximate surface area is 228 Å². The first-order chi connectivity index (χ1) is 17.2. The highest BCUT2D eigenvalue weighted by molar-refractivity contribution is 7.99. The zero-order valence-electron chi connectivity index (χ0n) is 20.8. The minimum Gasteiger partial charge on any atom is -0.352 e. The monoisotopic (exact) mass is 542 g/mol. The minimum atomic E-state index is -0.714. The van der Waals surface area contributed by atoms with Crippen LogP contribution in [0.15, 0.2) is 72.8 Å². The van der Waals surface area contributed by atoms with Crippen LogP contribution in [0.4, 0.5) is 0 Å². The summed E-state index contributed by atoms with van der Waals surface area (Å²) in [7, 11) is 0. The van der Waals surface area contributed by atoms with E-state index >= 15 is 0 Å². The number of carbonyl (C=O) groups is 2. The van der Waals surface area contributed by atoms with Crippen LogP contribution < -0.4 is 5.32 Å². The molecule has 190 valence electrons. The number of amides is 2. The lowest BCUT2D eigenvalue weighted by Crippen LogP contribution is -2.52. The lowest BCUT2D eigenvalue weighted by Gasteiger charge is -2.32. The number of hydrogen-bond donors (Lipinski definition) is 1. The Balaban J connectivity index is 1.89. The van der Waals surface area contributed by atoms with Crippen LogP contribution >= 0.6 is 35.0 Å². The largest absolute Gasteiger partial charge is 0.352 e. The average Bonchev–Trinajstić information content (AvgIpc) is 2.83. The van der Waals surface area contributed by atoms with Crippen molar-refractivity contribution in [3.05, 3.63) is 105 Å². The molecule has 4 nitrogen and oxygen atoms in total. The van der Waals surface area contributed by atoms with Gasteiger partial charge in [-0.25, -0.2) is 0 Å². The molecular weight excluding hydrogens is 511 g/mol. The van der Waals surface area contributed by atoms with Crippen molar-refractivity contribution in [2.45, 2.75) is 51.6 Å². The van der Waals surface area contributed by atoms with Gasteiger partial charge in [0, 0.05) is 40.4 Å². The van der Waals surface area contributed by atoms with E-state index in [1.165, 1.54) is 17.3 Å². The van der Waals surface area contributed by atoms with E-state index in [1.54, 1.807) is 23.1 Å². The molecule has 3 aromatic rings. The fourth-order valence-electron chi connectivity index (χ4n) is 3.93. The van der Waals surface area contributed by atoms with Crippen LogP contribution in [-0.4, -0.2) is 34.6 Å². The van der Waals surface area contributed by atoms with E-state index in [-0.39, 0.29) is 30.2 Å². The first kappa shape index (κ1) is 28.1. The highest BCUT2D eigenvalue weighted by atomic mass is 35.5. The quantitative estimate of drug-likeness (QED) is 0.293. The third-order valence-electron chi connectivity index (χ3n) is 5.67. The van der Waals surface area contributed by atoms with Gasteiger partial charge in [0.05, 0.1) is 5.75 Å². The second-order valence-corrected chi connectivity index (χ2v) is 10.9. The van der Waals surface area contributed by atoms with Gasteiger partial charge in [-0.05, 0) is 44.0 Å². The highest BCUT2D eigenvalue weighted by Crippen LogP contribution is 2.28. The molecule has 3 rings (SSSR count). The summed E-state index contributed by atoms with van der Waals surface area (Å²) in [5.74, 6) is 0.601. The van der Waals surface area contributed by atoms with Crippen molar-refractivity contribution in [1.29, 1.82) is 0 Å². The zero-order valence-corrected chi connectivity index (χ0v) is 23.2. The maximum Gasteiger partial charge on any atom is 0.243 e. The van der Waals surface area contributed by atoms with Crippen molar-refractivity contribution in [3.8, 4) is 0 Å². The Morgan fingerprint density at radius 3 is 2.19 bits per heavy atom. The number of aryl methyl sites for hydroxylation is 1. The summed E-state index contributed by atoms with van der Waals surface area (Å²) in [6, 6.07) is 22.5. The molecule has 1 N–H and O–H groups in total. The topological polar surface area (TPSA) is 49.4 Å². The third-order valence-corrected chi connectivity index (χ3v) is 7.37. The van der Waals surface area contributed by atoms with E-state index < -0.39 is 6.04 Å². The molecular formula is C29H32Cl2N2O2S. The highest BCUT2D eigenvalue weighted by Gasteiger charge is 2.31. The van der Waals surface area contributed by atoms with Gasteiger partial charge >= 0.3 is 0 Å². The van der Waals surface area contributed by atoms with Gasteiger partial charge < -0.3 is 10.2 Å². The predicted octanol–water partition coefficient (Wildman–Crippen LogP) is 6.70. The number of benzene rings is 3. The molecule has 0 unspecified atom stereocenters. The van der Waals surface area contributed by atoms with Crippen molar-refractivity contribution in [3.63, 3.8) is 0 Å². The fourth-order valence-corrected chi connectivity index (χ4v) is 5.30. The van der Waals surface area contributed by atoms with Gasteiger partial charge in [0.1, 0.15) is 6.04 Å². The Hall–Kier alpha value is -2.47. The first-order valence-electron chi connectivity index (χ1n) is 11.9. The molecule has 1 atom stereocenters. The van der Waals surface area contributed by atoms with Gasteiger partial charge in [-0.3, -0.25) is 9.59 Å². The minimum absolute atomic E-state index is 0.0627. The normalized spacial score (nSPS) is 11.8. The Bertz CT molecular complexity index is 1150. The number of thioether (sulfide) groups is 1. The molecule has 3 aromatic carbocycles. The van der Waals surface area contributed by atoms with E-state index in [1.807, 2.05) is 50.2 Å². The van der Waals surface area contributed by atoms with Gasteiger partial charge in [-0.1, -0.05) is 89.4 Å². The van der Waals surface area contributed by atoms with Gasteiger partial charge in [0.15, 0.2) is 0 Å². The number of nitrogens with zero attached hydrogens (tertiary/aromatic N) is 1. The average molecular weight is 544 g/mol. The van der Waals surface area contributed by atoms with Gasteiger partial charge in [0.2, 0.25) is 11.8 Å². The SMILES string of the molecule is Cc1cccc(CSCC(=O)N(Cc2c(Cl)cccc2Cl)[C@H](Cc2ccccc2)C(=O)NC(C)C)c1. The van der Waals surface area contributed by atoms with Crippen LogP contribution in [0, 0.1) is 6.92 Å². The van der Waals surface area contributed by atoms with Crippen LogP contribution in [0.1, 0.15) is 36.1 Å². The molecule has 0 saturated heterocycles. The molecule has 0 aromatic heterocycles. The number of rotatable bonds is 11. The summed E-state index contributed by atoms with van der Waals surface area (Å²) >= 11 is 14.5. The van der Waals surface area contributed by atoms with Crippen molar-refractivity contribution in [2.24, 2.45) is 0 Å². The third kappa shape index (κ3) is 8.29. The Kier molecular flexibility index (Phi) is 10.7. The molecule has 7 heteroatoms. The number of hydrogen-bond acceptors (Lipinski definition) is 3. The molecule has 0 aliphatic heterocycles. The van der Waals surface area contributed by atoms with Crippen LogP contribution in [0.3, 0.4) is 0 Å². The zero-order chi connectivity index (χ0) is 26.1. The number of nitrogens with one attached hydrogen (secondary N) is 1. The maximum absolute atomic E-state index is 13.7. The fraction of sp³-hybridized carbons (Fsp3) is 0.310. The first-order valence-corrected chi connectivity index (χ1v) is 13.9. The summed E-state index contributed by atoms with van der Waals surface area (Å²) in [6.45, 7) is 6.01. The summed E-state index contributed by atoms with van der Waals surface area (Å²) < 4.78 is 0. The molecule has 36 heavy (non-hydrogen) atoms. The maximum atomic E-state index is 13.7. The van der Waals surface area contributed by atoms with Crippen LogP contribution in [-0.2, 0) is 28.3 Å². The van der Waals surface area contributed by atoms with Crippen molar-refractivity contribution < 1.29 is 9.59 Å². The molecule has 0 aliphatic carbocycles. The number of carbonyl (C=O) groups excluding carboxylic acids is 2. The summed E-state index contributed by atoms with van der Waals surface area (Å²) in [4.78, 5) is 28.7. The van der Waals surface area contributed by atoms with Gasteiger partial charge in [0.25, 0.3) is 0 Å². The molecule has 0 bridgehead atoms. The molecule has 0 saturated carbocycles. The molecule has 0 heterocycles.